The Morgan fingerprint density at radius 1 is 0.952 bits per heavy atom. The highest BCUT2D eigenvalue weighted by Gasteiger charge is 2.08. The van der Waals surface area contributed by atoms with Gasteiger partial charge in [-0.25, -0.2) is 0 Å². The van der Waals surface area contributed by atoms with Crippen molar-refractivity contribution in [2.45, 2.75) is 34.1 Å². The van der Waals surface area contributed by atoms with Gasteiger partial charge in [-0.2, -0.15) is 0 Å². The highest BCUT2D eigenvalue weighted by atomic mass is 35.5. The Balaban J connectivity index is 0.000000219. The standard InChI is InChI=1S/C10H13ClO.C7H7ClO/c1-4-8-7(3)10(11)6(2)5-9(8)12;1-5-4-6(9)2-3-7(5)8/h5,12H,4H2,1-3H3;2-4,9H,1H3. The lowest BCUT2D eigenvalue weighted by Crippen LogP contribution is -1.91. The van der Waals surface area contributed by atoms with Gasteiger partial charge in [-0.1, -0.05) is 30.1 Å². The lowest BCUT2D eigenvalue weighted by molar-refractivity contribution is 0.467. The summed E-state index contributed by atoms with van der Waals surface area (Å²) in [5, 5.41) is 19.9. The molecule has 4 heteroatoms. The van der Waals surface area contributed by atoms with Gasteiger partial charge < -0.3 is 10.2 Å². The van der Waals surface area contributed by atoms with Crippen molar-refractivity contribution >= 4 is 23.2 Å². The first-order chi connectivity index (χ1) is 9.77. The maximum atomic E-state index is 9.54. The molecule has 0 aliphatic carbocycles. The van der Waals surface area contributed by atoms with Crippen molar-refractivity contribution in [1.82, 2.24) is 0 Å². The number of aromatic hydroxyl groups is 2. The minimum absolute atomic E-state index is 0.261. The maximum Gasteiger partial charge on any atom is 0.119 e. The van der Waals surface area contributed by atoms with Gasteiger partial charge in [0.05, 0.1) is 0 Å². The van der Waals surface area contributed by atoms with Crippen LogP contribution in [0.2, 0.25) is 10.0 Å². The number of phenols is 2. The summed E-state index contributed by atoms with van der Waals surface area (Å²) in [4.78, 5) is 0. The van der Waals surface area contributed by atoms with Crippen LogP contribution in [0.3, 0.4) is 0 Å². The monoisotopic (exact) mass is 326 g/mol. The van der Waals surface area contributed by atoms with Crippen LogP contribution in [0.5, 0.6) is 11.5 Å². The Hall–Kier alpha value is -1.38. The molecule has 0 bridgehead atoms. The summed E-state index contributed by atoms with van der Waals surface area (Å²) in [7, 11) is 0. The third-order valence-corrected chi connectivity index (χ3v) is 4.29. The molecule has 0 radical (unpaired) electrons. The van der Waals surface area contributed by atoms with E-state index in [0.717, 1.165) is 33.7 Å². The fourth-order valence-corrected chi connectivity index (χ4v) is 2.34. The molecule has 0 fully saturated rings. The van der Waals surface area contributed by atoms with Crippen LogP contribution < -0.4 is 0 Å². The second-order valence-corrected chi connectivity index (χ2v) is 5.70. The van der Waals surface area contributed by atoms with E-state index in [4.69, 9.17) is 28.3 Å². The highest BCUT2D eigenvalue weighted by molar-refractivity contribution is 6.32. The molecule has 2 N–H and O–H groups in total. The molecule has 0 amide bonds. The van der Waals surface area contributed by atoms with Crippen molar-refractivity contribution in [1.29, 1.82) is 0 Å². The summed E-state index contributed by atoms with van der Waals surface area (Å²) in [6.45, 7) is 7.69. The first-order valence-electron chi connectivity index (χ1n) is 6.70. The van der Waals surface area contributed by atoms with Gasteiger partial charge in [0.2, 0.25) is 0 Å². The number of phenolic OH excluding ortho intramolecular Hbond substituents is 2. The quantitative estimate of drug-likeness (QED) is 0.718. The van der Waals surface area contributed by atoms with Crippen molar-refractivity contribution in [2.75, 3.05) is 0 Å². The Bertz CT molecular complexity index is 637. The van der Waals surface area contributed by atoms with E-state index in [1.54, 1.807) is 24.3 Å². The lowest BCUT2D eigenvalue weighted by Gasteiger charge is -2.10. The molecule has 0 saturated carbocycles. The first-order valence-corrected chi connectivity index (χ1v) is 7.46. The zero-order valence-corrected chi connectivity index (χ0v) is 14.2. The van der Waals surface area contributed by atoms with Crippen LogP contribution in [-0.4, -0.2) is 10.2 Å². The molecule has 0 aromatic heterocycles. The number of hydrogen-bond acceptors (Lipinski definition) is 2. The first kappa shape index (κ1) is 17.7. The number of halogens is 2. The molecule has 21 heavy (non-hydrogen) atoms. The van der Waals surface area contributed by atoms with Gasteiger partial charge in [0.1, 0.15) is 11.5 Å². The third kappa shape index (κ3) is 4.55. The summed E-state index contributed by atoms with van der Waals surface area (Å²) in [6.07, 6.45) is 0.817. The van der Waals surface area contributed by atoms with E-state index in [1.165, 1.54) is 0 Å². The minimum atomic E-state index is 0.261. The second kappa shape index (κ2) is 7.58. The number of aryl methyl sites for hydroxylation is 2. The van der Waals surface area contributed by atoms with Gasteiger partial charge in [0, 0.05) is 10.0 Å². The summed E-state index contributed by atoms with van der Waals surface area (Å²) >= 11 is 11.7. The molecule has 0 saturated heterocycles. The van der Waals surface area contributed by atoms with E-state index in [0.29, 0.717) is 10.8 Å². The zero-order valence-electron chi connectivity index (χ0n) is 12.7. The van der Waals surface area contributed by atoms with Gasteiger partial charge in [-0.05, 0) is 73.7 Å². The van der Waals surface area contributed by atoms with Crippen LogP contribution >= 0.6 is 23.2 Å². The number of benzene rings is 2. The highest BCUT2D eigenvalue weighted by Crippen LogP contribution is 2.30. The van der Waals surface area contributed by atoms with Crippen LogP contribution in [0.25, 0.3) is 0 Å². The predicted octanol–water partition coefficient (Wildman–Crippen LogP) is 5.58. The van der Waals surface area contributed by atoms with Gasteiger partial charge in [0.15, 0.2) is 0 Å². The maximum absolute atomic E-state index is 9.54. The van der Waals surface area contributed by atoms with Crippen molar-refractivity contribution in [3.63, 3.8) is 0 Å². The van der Waals surface area contributed by atoms with Crippen LogP contribution in [-0.2, 0) is 6.42 Å². The third-order valence-electron chi connectivity index (χ3n) is 3.29. The topological polar surface area (TPSA) is 40.5 Å². The normalized spacial score (nSPS) is 10.0. The summed E-state index contributed by atoms with van der Waals surface area (Å²) in [5.41, 5.74) is 3.78. The average Bonchev–Trinajstić information content (AvgIpc) is 2.42. The van der Waals surface area contributed by atoms with Crippen molar-refractivity contribution < 1.29 is 10.2 Å². The van der Waals surface area contributed by atoms with E-state index in [1.807, 2.05) is 27.7 Å². The molecule has 0 aliphatic heterocycles. The van der Waals surface area contributed by atoms with Crippen LogP contribution in [0, 0.1) is 20.8 Å². The van der Waals surface area contributed by atoms with Gasteiger partial charge in [-0.3, -0.25) is 0 Å². The largest absolute Gasteiger partial charge is 0.508 e. The van der Waals surface area contributed by atoms with E-state index >= 15 is 0 Å². The van der Waals surface area contributed by atoms with Crippen molar-refractivity contribution in [3.8, 4) is 11.5 Å². The van der Waals surface area contributed by atoms with E-state index < -0.39 is 0 Å². The molecule has 0 unspecified atom stereocenters. The Kier molecular flexibility index (Phi) is 6.38. The van der Waals surface area contributed by atoms with Gasteiger partial charge >= 0.3 is 0 Å². The molecule has 114 valence electrons. The van der Waals surface area contributed by atoms with E-state index in [-0.39, 0.29) is 5.75 Å². The van der Waals surface area contributed by atoms with Crippen molar-refractivity contribution in [2.24, 2.45) is 0 Å². The van der Waals surface area contributed by atoms with Crippen LogP contribution in [0.4, 0.5) is 0 Å². The van der Waals surface area contributed by atoms with Crippen LogP contribution in [0.15, 0.2) is 24.3 Å². The smallest absolute Gasteiger partial charge is 0.119 e. The fourth-order valence-electron chi connectivity index (χ4n) is 2.05. The SMILES string of the molecule is CCc1c(O)cc(C)c(Cl)c1C.Cc1cc(O)ccc1Cl. The minimum Gasteiger partial charge on any atom is -0.508 e. The van der Waals surface area contributed by atoms with Crippen LogP contribution in [0.1, 0.15) is 29.2 Å². The summed E-state index contributed by atoms with van der Waals surface area (Å²) < 4.78 is 0. The molecular weight excluding hydrogens is 307 g/mol. The number of hydrogen-bond donors (Lipinski definition) is 2. The molecular formula is C17H20Cl2O2. The molecule has 0 spiro atoms. The molecule has 2 aromatic rings. The molecule has 0 heterocycles. The summed E-state index contributed by atoms with van der Waals surface area (Å²) in [6, 6.07) is 6.58. The predicted molar refractivity (Wildman–Crippen MR) is 89.8 cm³/mol. The van der Waals surface area contributed by atoms with E-state index in [2.05, 4.69) is 0 Å². The Morgan fingerprint density at radius 2 is 1.57 bits per heavy atom. The Morgan fingerprint density at radius 3 is 2.05 bits per heavy atom. The number of rotatable bonds is 1. The summed E-state index contributed by atoms with van der Waals surface area (Å²) in [5.74, 6) is 0.619. The second-order valence-electron chi connectivity index (χ2n) is 4.92. The van der Waals surface area contributed by atoms with Gasteiger partial charge in [0.25, 0.3) is 0 Å². The van der Waals surface area contributed by atoms with E-state index in [9.17, 15) is 5.11 Å². The Labute approximate surface area is 136 Å². The molecule has 2 rings (SSSR count). The molecule has 0 aliphatic rings. The van der Waals surface area contributed by atoms with Gasteiger partial charge in [-0.15, -0.1) is 0 Å². The molecule has 2 aromatic carbocycles. The fraction of sp³-hybridized carbons (Fsp3) is 0.294. The zero-order chi connectivity index (χ0) is 16.2. The molecule has 0 atom stereocenters. The lowest BCUT2D eigenvalue weighted by atomic mass is 10.0. The van der Waals surface area contributed by atoms with Crippen molar-refractivity contribution in [3.05, 3.63) is 56.6 Å². The molecule has 2 nitrogen and oxygen atoms in total. The average molecular weight is 327 g/mol.